The first-order chi connectivity index (χ1) is 29.6. The lowest BCUT2D eigenvalue weighted by atomic mass is 9.74. The van der Waals surface area contributed by atoms with E-state index in [2.05, 4.69) is 231 Å². The van der Waals surface area contributed by atoms with Crippen molar-refractivity contribution < 1.29 is 0 Å². The van der Waals surface area contributed by atoms with Gasteiger partial charge >= 0.3 is 0 Å². The highest BCUT2D eigenvalue weighted by atomic mass is 14.4. The third kappa shape index (κ3) is 5.24. The summed E-state index contributed by atoms with van der Waals surface area (Å²) in [4.78, 5) is 0. The van der Waals surface area contributed by atoms with Crippen LogP contribution in [0, 0.1) is 0 Å². The molecule has 1 aliphatic rings. The molecular weight excluding hydrogens is 721 g/mol. The van der Waals surface area contributed by atoms with E-state index in [1.807, 2.05) is 0 Å². The second-order valence-corrected chi connectivity index (χ2v) is 16.5. The van der Waals surface area contributed by atoms with Gasteiger partial charge < -0.3 is 0 Å². The van der Waals surface area contributed by atoms with Crippen molar-refractivity contribution in [3.63, 3.8) is 0 Å². The molecule has 0 spiro atoms. The van der Waals surface area contributed by atoms with Gasteiger partial charge in [0.05, 0.1) is 0 Å². The molecular formula is C60H40. The first kappa shape index (κ1) is 34.5. The smallest absolute Gasteiger partial charge is 0.0435 e. The maximum atomic E-state index is 2.47. The molecule has 12 rings (SSSR count). The molecule has 0 aliphatic heterocycles. The fourth-order valence-electron chi connectivity index (χ4n) is 10.4. The van der Waals surface area contributed by atoms with Crippen LogP contribution in [0.3, 0.4) is 0 Å². The van der Waals surface area contributed by atoms with E-state index in [9.17, 15) is 0 Å². The van der Waals surface area contributed by atoms with Crippen molar-refractivity contribution in [3.8, 4) is 55.6 Å². The molecule has 1 aliphatic carbocycles. The standard InChI is InChI=1S/C60H40/c1-60(48-22-9-4-10-23-48)55-28-16-15-25-50(55)54-37-43-30-29-42(33-46(43)38-56(54)60)45-34-44(39-17-5-2-6-18-39)35-47(36-45)58-52-27-14-13-26-51(52)57(41-20-7-3-8-21-41)53-32-31-40-19-11-12-24-49(40)59(53)58/h2-38H,1H3. The van der Waals surface area contributed by atoms with Crippen LogP contribution in [-0.4, -0.2) is 0 Å². The molecule has 0 saturated heterocycles. The van der Waals surface area contributed by atoms with E-state index in [0.717, 1.165) is 0 Å². The second-order valence-electron chi connectivity index (χ2n) is 16.5. The van der Waals surface area contributed by atoms with Crippen molar-refractivity contribution in [3.05, 3.63) is 241 Å². The molecule has 0 fully saturated rings. The fraction of sp³-hybridized carbons (Fsp3) is 0.0333. The quantitative estimate of drug-likeness (QED) is 0.121. The Bertz CT molecular complexity index is 3470. The van der Waals surface area contributed by atoms with E-state index in [4.69, 9.17) is 0 Å². The molecule has 280 valence electrons. The third-order valence-electron chi connectivity index (χ3n) is 13.3. The van der Waals surface area contributed by atoms with Crippen molar-refractivity contribution in [2.24, 2.45) is 0 Å². The summed E-state index contributed by atoms with van der Waals surface area (Å²) >= 11 is 0. The Morgan fingerprint density at radius 3 is 1.63 bits per heavy atom. The lowest BCUT2D eigenvalue weighted by molar-refractivity contribution is 0.715. The van der Waals surface area contributed by atoms with Gasteiger partial charge in [0.1, 0.15) is 0 Å². The van der Waals surface area contributed by atoms with Crippen LogP contribution >= 0.6 is 0 Å². The van der Waals surface area contributed by atoms with Gasteiger partial charge in [-0.1, -0.05) is 188 Å². The predicted molar refractivity (Wildman–Crippen MR) is 256 cm³/mol. The zero-order valence-electron chi connectivity index (χ0n) is 33.4. The first-order valence-electron chi connectivity index (χ1n) is 21.0. The van der Waals surface area contributed by atoms with Gasteiger partial charge in [0.25, 0.3) is 0 Å². The normalized spacial score (nSPS) is 14.5. The van der Waals surface area contributed by atoms with Crippen LogP contribution in [0.25, 0.3) is 98.7 Å². The minimum absolute atomic E-state index is 0.255. The van der Waals surface area contributed by atoms with Gasteiger partial charge in [0.15, 0.2) is 0 Å². The Morgan fingerprint density at radius 1 is 0.283 bits per heavy atom. The Kier molecular flexibility index (Phi) is 7.77. The molecule has 0 heterocycles. The molecule has 0 aromatic heterocycles. The van der Waals surface area contributed by atoms with E-state index in [-0.39, 0.29) is 5.41 Å². The molecule has 0 N–H and O–H groups in total. The molecule has 0 nitrogen and oxygen atoms in total. The number of hydrogen-bond acceptors (Lipinski definition) is 0. The Morgan fingerprint density at radius 2 is 0.867 bits per heavy atom. The average molecular weight is 761 g/mol. The van der Waals surface area contributed by atoms with E-state index < -0.39 is 0 Å². The second kappa shape index (κ2) is 13.5. The summed E-state index contributed by atoms with van der Waals surface area (Å²) in [6.45, 7) is 2.40. The molecule has 0 saturated carbocycles. The maximum Gasteiger partial charge on any atom is 0.0435 e. The highest BCUT2D eigenvalue weighted by Gasteiger charge is 2.40. The maximum absolute atomic E-state index is 2.47. The van der Waals surface area contributed by atoms with Gasteiger partial charge in [0.2, 0.25) is 0 Å². The van der Waals surface area contributed by atoms with Crippen LogP contribution in [0.5, 0.6) is 0 Å². The summed E-state index contributed by atoms with van der Waals surface area (Å²) in [5, 5.41) is 10.1. The lowest BCUT2D eigenvalue weighted by Gasteiger charge is -2.28. The average Bonchev–Trinajstić information content (AvgIpc) is 3.57. The van der Waals surface area contributed by atoms with Gasteiger partial charge in [-0.3, -0.25) is 0 Å². The molecule has 11 aromatic carbocycles. The van der Waals surface area contributed by atoms with Gasteiger partial charge in [-0.2, -0.15) is 0 Å². The van der Waals surface area contributed by atoms with Crippen LogP contribution in [-0.2, 0) is 5.41 Å². The molecule has 0 bridgehead atoms. The molecule has 0 heteroatoms. The number of benzene rings is 11. The lowest BCUT2D eigenvalue weighted by Crippen LogP contribution is -2.22. The van der Waals surface area contributed by atoms with E-state index in [0.29, 0.717) is 0 Å². The number of hydrogen-bond donors (Lipinski definition) is 0. The fourth-order valence-corrected chi connectivity index (χ4v) is 10.4. The zero-order chi connectivity index (χ0) is 39.8. The van der Waals surface area contributed by atoms with Crippen molar-refractivity contribution >= 4 is 43.1 Å². The Labute approximate surface area is 350 Å². The van der Waals surface area contributed by atoms with Crippen molar-refractivity contribution in [1.82, 2.24) is 0 Å². The summed E-state index contributed by atoms with van der Waals surface area (Å²) in [7, 11) is 0. The van der Waals surface area contributed by atoms with Gasteiger partial charge in [-0.25, -0.2) is 0 Å². The Balaban J connectivity index is 1.13. The van der Waals surface area contributed by atoms with Gasteiger partial charge in [-0.05, 0) is 159 Å². The number of fused-ring (bicyclic) bond motifs is 8. The molecule has 0 amide bonds. The van der Waals surface area contributed by atoms with Crippen LogP contribution < -0.4 is 0 Å². The predicted octanol–water partition coefficient (Wildman–Crippen LogP) is 16.3. The monoisotopic (exact) mass is 760 g/mol. The van der Waals surface area contributed by atoms with E-state index >= 15 is 0 Å². The summed E-state index contributed by atoms with van der Waals surface area (Å²) in [6.07, 6.45) is 0. The van der Waals surface area contributed by atoms with Crippen LogP contribution in [0.2, 0.25) is 0 Å². The van der Waals surface area contributed by atoms with Crippen molar-refractivity contribution in [1.29, 1.82) is 0 Å². The molecule has 1 atom stereocenters. The van der Waals surface area contributed by atoms with E-state index in [1.165, 1.54) is 115 Å². The summed E-state index contributed by atoms with van der Waals surface area (Å²) in [6, 6.07) is 83.5. The SMILES string of the molecule is CC1(c2ccccc2)c2ccccc2-c2cc3ccc(-c4cc(-c5ccccc5)cc(-c5c6ccccc6c(-c6ccccc6)c6ccc7ccccc7c56)c4)cc3cc21. The largest absolute Gasteiger partial charge is 0.0622 e. The number of rotatable bonds is 5. The summed E-state index contributed by atoms with van der Waals surface area (Å²) in [5.74, 6) is 0. The first-order valence-corrected chi connectivity index (χ1v) is 21.0. The van der Waals surface area contributed by atoms with Crippen molar-refractivity contribution in [2.45, 2.75) is 12.3 Å². The van der Waals surface area contributed by atoms with E-state index in [1.54, 1.807) is 0 Å². The van der Waals surface area contributed by atoms with Crippen LogP contribution in [0.15, 0.2) is 224 Å². The van der Waals surface area contributed by atoms with Gasteiger partial charge in [-0.15, -0.1) is 0 Å². The highest BCUT2D eigenvalue weighted by molar-refractivity contribution is 6.28. The third-order valence-corrected chi connectivity index (χ3v) is 13.3. The minimum Gasteiger partial charge on any atom is -0.0622 e. The Hall–Kier alpha value is -7.54. The minimum atomic E-state index is -0.255. The van der Waals surface area contributed by atoms with Crippen LogP contribution in [0.1, 0.15) is 23.6 Å². The van der Waals surface area contributed by atoms with Crippen LogP contribution in [0.4, 0.5) is 0 Å². The topological polar surface area (TPSA) is 0 Å². The van der Waals surface area contributed by atoms with Crippen molar-refractivity contribution in [2.75, 3.05) is 0 Å². The zero-order valence-corrected chi connectivity index (χ0v) is 33.4. The highest BCUT2D eigenvalue weighted by Crippen LogP contribution is 2.54. The molecule has 1 unspecified atom stereocenters. The summed E-state index contributed by atoms with van der Waals surface area (Å²) < 4.78 is 0. The summed E-state index contributed by atoms with van der Waals surface area (Å²) in [5.41, 5.74) is 16.3. The van der Waals surface area contributed by atoms with Gasteiger partial charge in [0, 0.05) is 5.41 Å². The molecule has 0 radical (unpaired) electrons. The molecule has 60 heavy (non-hydrogen) atoms. The molecule has 11 aromatic rings.